The molecule has 21 heavy (non-hydrogen) atoms. The third kappa shape index (κ3) is 3.46. The Morgan fingerprint density at radius 2 is 1.95 bits per heavy atom. The second-order valence-electron chi connectivity index (χ2n) is 4.78. The van der Waals surface area contributed by atoms with Gasteiger partial charge in [-0.1, -0.05) is 29.8 Å². The average molecular weight is 287 g/mol. The van der Waals surface area contributed by atoms with Gasteiger partial charge in [-0.15, -0.1) is 0 Å². The number of hydrogen-bond acceptors (Lipinski definition) is 6. The number of nitrogens with two attached hydrogens (primary N) is 1. The maximum Gasteiger partial charge on any atom is 0.311 e. The summed E-state index contributed by atoms with van der Waals surface area (Å²) in [6.45, 7) is 2.53. The summed E-state index contributed by atoms with van der Waals surface area (Å²) in [6, 6.07) is 10.8. The molecule has 2 rings (SSSR count). The van der Waals surface area contributed by atoms with Gasteiger partial charge in [0.15, 0.2) is 0 Å². The third-order valence-corrected chi connectivity index (χ3v) is 3.10. The van der Waals surface area contributed by atoms with Crippen LogP contribution in [0.15, 0.2) is 36.4 Å². The van der Waals surface area contributed by atoms with Gasteiger partial charge in [0.25, 0.3) is 0 Å². The summed E-state index contributed by atoms with van der Waals surface area (Å²) < 4.78 is 0. The zero-order valence-electron chi connectivity index (χ0n) is 11.9. The van der Waals surface area contributed by atoms with Gasteiger partial charge in [-0.2, -0.15) is 0 Å². The van der Waals surface area contributed by atoms with E-state index in [1.165, 1.54) is 17.7 Å². The van der Waals surface area contributed by atoms with Gasteiger partial charge in [0.05, 0.1) is 4.92 Å². The lowest BCUT2D eigenvalue weighted by molar-refractivity contribution is -0.384. The maximum atomic E-state index is 11.1. The Bertz CT molecular complexity index is 642. The van der Waals surface area contributed by atoms with Crippen molar-refractivity contribution < 1.29 is 4.92 Å². The zero-order valence-corrected chi connectivity index (χ0v) is 11.9. The van der Waals surface area contributed by atoms with Crippen LogP contribution >= 0.6 is 0 Å². The van der Waals surface area contributed by atoms with Crippen molar-refractivity contribution in [3.63, 3.8) is 0 Å². The Hall–Kier alpha value is -2.67. The number of aromatic nitrogens is 1. The lowest BCUT2D eigenvalue weighted by Gasteiger charge is -2.18. The Balaban J connectivity index is 2.30. The first-order valence-corrected chi connectivity index (χ1v) is 6.40. The number of hydrogen-bond donors (Lipinski definition) is 2. The third-order valence-electron chi connectivity index (χ3n) is 3.10. The van der Waals surface area contributed by atoms with Gasteiger partial charge in [-0.05, 0) is 18.6 Å². The highest BCUT2D eigenvalue weighted by Gasteiger charge is 2.19. The molecule has 0 bridgehead atoms. The van der Waals surface area contributed by atoms with E-state index in [1.54, 1.807) is 11.9 Å². The van der Waals surface area contributed by atoms with Crippen molar-refractivity contribution in [3.05, 3.63) is 57.6 Å². The molecule has 3 N–H and O–H groups in total. The molecular formula is C14H17N5O2. The zero-order chi connectivity index (χ0) is 15.4. The monoisotopic (exact) mass is 287 g/mol. The van der Waals surface area contributed by atoms with Crippen molar-refractivity contribution in [2.24, 2.45) is 5.84 Å². The van der Waals surface area contributed by atoms with E-state index in [0.29, 0.717) is 12.4 Å². The number of hydrazine groups is 1. The summed E-state index contributed by atoms with van der Waals surface area (Å²) in [6.07, 6.45) is 0. The van der Waals surface area contributed by atoms with Crippen molar-refractivity contribution in [2.75, 3.05) is 17.4 Å². The summed E-state index contributed by atoms with van der Waals surface area (Å²) in [5.74, 6) is 5.97. The molecule has 1 heterocycles. The molecule has 0 aliphatic rings. The van der Waals surface area contributed by atoms with Crippen molar-refractivity contribution >= 4 is 17.3 Å². The summed E-state index contributed by atoms with van der Waals surface area (Å²) in [5.41, 5.74) is 4.56. The SMILES string of the molecule is Cc1ccc(CN(C)c2nc(NN)ccc2[N+](=O)[O-])cc1. The van der Waals surface area contributed by atoms with Crippen LogP contribution in [0.5, 0.6) is 0 Å². The number of pyridine rings is 1. The highest BCUT2D eigenvalue weighted by atomic mass is 16.6. The molecule has 1 aromatic carbocycles. The Morgan fingerprint density at radius 3 is 2.52 bits per heavy atom. The number of aryl methyl sites for hydroxylation is 1. The first-order chi connectivity index (χ1) is 10.0. The summed E-state index contributed by atoms with van der Waals surface area (Å²) in [4.78, 5) is 16.6. The molecule has 0 aliphatic carbocycles. The average Bonchev–Trinajstić information content (AvgIpc) is 2.48. The van der Waals surface area contributed by atoms with Crippen molar-refractivity contribution in [3.8, 4) is 0 Å². The highest BCUT2D eigenvalue weighted by molar-refractivity contribution is 5.61. The molecule has 110 valence electrons. The van der Waals surface area contributed by atoms with Crippen LogP contribution in [0.3, 0.4) is 0 Å². The second kappa shape index (κ2) is 6.19. The van der Waals surface area contributed by atoms with Crippen LogP contribution in [0.1, 0.15) is 11.1 Å². The Morgan fingerprint density at radius 1 is 1.29 bits per heavy atom. The van der Waals surface area contributed by atoms with Crippen LogP contribution in [0.25, 0.3) is 0 Å². The number of rotatable bonds is 5. The topological polar surface area (TPSA) is 97.3 Å². The molecule has 2 aromatic rings. The molecule has 0 spiro atoms. The standard InChI is InChI=1S/C14H17N5O2/c1-10-3-5-11(6-4-10)9-18(2)14-12(19(20)21)7-8-13(16-14)17-15/h3-8H,9,15H2,1-2H3,(H,16,17). The minimum absolute atomic E-state index is 0.0522. The molecule has 1 aromatic heterocycles. The van der Waals surface area contributed by atoms with Gasteiger partial charge in [-0.25, -0.2) is 10.8 Å². The van der Waals surface area contributed by atoms with Crippen LogP contribution in [-0.2, 0) is 6.54 Å². The number of nitrogens with one attached hydrogen (secondary N) is 1. The van der Waals surface area contributed by atoms with Crippen LogP contribution in [0.4, 0.5) is 17.3 Å². The van der Waals surface area contributed by atoms with Crippen LogP contribution in [0.2, 0.25) is 0 Å². The molecule has 0 unspecified atom stereocenters. The molecule has 0 amide bonds. The van der Waals surface area contributed by atoms with Gasteiger partial charge >= 0.3 is 5.69 Å². The Kier molecular flexibility index (Phi) is 4.34. The number of nitrogen functional groups attached to an aromatic ring is 1. The quantitative estimate of drug-likeness (QED) is 0.497. The summed E-state index contributed by atoms with van der Waals surface area (Å²) in [7, 11) is 1.76. The minimum Gasteiger partial charge on any atom is -0.350 e. The fraction of sp³-hybridized carbons (Fsp3) is 0.214. The highest BCUT2D eigenvalue weighted by Crippen LogP contribution is 2.27. The van der Waals surface area contributed by atoms with Gasteiger partial charge in [-0.3, -0.25) is 10.1 Å². The molecule has 0 radical (unpaired) electrons. The van der Waals surface area contributed by atoms with Crippen LogP contribution < -0.4 is 16.2 Å². The number of benzene rings is 1. The van der Waals surface area contributed by atoms with Crippen molar-refractivity contribution in [1.29, 1.82) is 0 Å². The van der Waals surface area contributed by atoms with Crippen molar-refractivity contribution in [2.45, 2.75) is 13.5 Å². The minimum atomic E-state index is -0.450. The smallest absolute Gasteiger partial charge is 0.311 e. The summed E-state index contributed by atoms with van der Waals surface area (Å²) >= 11 is 0. The van der Waals surface area contributed by atoms with Crippen molar-refractivity contribution in [1.82, 2.24) is 4.98 Å². The van der Waals surface area contributed by atoms with Gasteiger partial charge in [0.2, 0.25) is 5.82 Å². The van der Waals surface area contributed by atoms with Gasteiger partial charge in [0, 0.05) is 19.7 Å². The van der Waals surface area contributed by atoms with E-state index in [0.717, 1.165) is 5.56 Å². The number of nitrogens with zero attached hydrogens (tertiary/aromatic N) is 3. The van der Waals surface area contributed by atoms with E-state index in [4.69, 9.17) is 5.84 Å². The Labute approximate surface area is 122 Å². The first-order valence-electron chi connectivity index (χ1n) is 6.40. The fourth-order valence-corrected chi connectivity index (χ4v) is 1.99. The van der Waals surface area contributed by atoms with Gasteiger partial charge in [0.1, 0.15) is 5.82 Å². The normalized spacial score (nSPS) is 10.2. The van der Waals surface area contributed by atoms with E-state index in [1.807, 2.05) is 31.2 Å². The molecule has 0 saturated carbocycles. The van der Waals surface area contributed by atoms with Gasteiger partial charge < -0.3 is 10.3 Å². The van der Waals surface area contributed by atoms with E-state index in [9.17, 15) is 10.1 Å². The summed E-state index contributed by atoms with van der Waals surface area (Å²) in [5, 5.41) is 11.1. The molecule has 7 heteroatoms. The molecule has 7 nitrogen and oxygen atoms in total. The number of nitro groups is 1. The van der Waals surface area contributed by atoms with E-state index < -0.39 is 4.92 Å². The van der Waals surface area contributed by atoms with E-state index >= 15 is 0 Å². The lowest BCUT2D eigenvalue weighted by atomic mass is 10.1. The van der Waals surface area contributed by atoms with E-state index in [-0.39, 0.29) is 11.5 Å². The van der Waals surface area contributed by atoms with E-state index in [2.05, 4.69) is 10.4 Å². The number of anilines is 2. The fourth-order valence-electron chi connectivity index (χ4n) is 1.99. The maximum absolute atomic E-state index is 11.1. The lowest BCUT2D eigenvalue weighted by Crippen LogP contribution is -2.20. The predicted molar refractivity (Wildman–Crippen MR) is 82.0 cm³/mol. The molecule has 0 fully saturated rings. The molecule has 0 atom stereocenters. The van der Waals surface area contributed by atoms with Crippen LogP contribution in [0, 0.1) is 17.0 Å². The molecular weight excluding hydrogens is 270 g/mol. The predicted octanol–water partition coefficient (Wildman–Crippen LogP) is 2.22. The van der Waals surface area contributed by atoms with Crippen LogP contribution in [-0.4, -0.2) is 17.0 Å². The largest absolute Gasteiger partial charge is 0.350 e. The second-order valence-corrected chi connectivity index (χ2v) is 4.78. The molecule has 0 aliphatic heterocycles. The first kappa shape index (κ1) is 14.7. The molecule has 0 saturated heterocycles.